The van der Waals surface area contributed by atoms with Crippen LogP contribution in [-0.2, 0) is 14.3 Å². The third kappa shape index (κ3) is 5.71. The van der Waals surface area contributed by atoms with Gasteiger partial charge in [0.2, 0.25) is 0 Å². The van der Waals surface area contributed by atoms with E-state index >= 15 is 0 Å². The number of ketones is 1. The fraction of sp³-hybridized carbons (Fsp3) is 0.429. The molecular formula is C28H34N2O6. The minimum Gasteiger partial charge on any atom is -0.507 e. The van der Waals surface area contributed by atoms with Gasteiger partial charge < -0.3 is 24.2 Å². The summed E-state index contributed by atoms with van der Waals surface area (Å²) in [6, 6.07) is 13.6. The van der Waals surface area contributed by atoms with E-state index < -0.39 is 17.7 Å². The van der Waals surface area contributed by atoms with Gasteiger partial charge in [-0.3, -0.25) is 14.5 Å². The highest BCUT2D eigenvalue weighted by Crippen LogP contribution is 2.40. The van der Waals surface area contributed by atoms with Gasteiger partial charge in [0, 0.05) is 31.7 Å². The normalized spacial score (nSPS) is 20.1. The molecule has 0 aliphatic carbocycles. The molecule has 0 bridgehead atoms. The summed E-state index contributed by atoms with van der Waals surface area (Å²) in [5.41, 5.74) is 1.29. The Hall–Kier alpha value is -3.36. The van der Waals surface area contributed by atoms with Gasteiger partial charge >= 0.3 is 0 Å². The van der Waals surface area contributed by atoms with Crippen molar-refractivity contribution in [3.05, 3.63) is 65.2 Å². The highest BCUT2D eigenvalue weighted by molar-refractivity contribution is 6.46. The monoisotopic (exact) mass is 494 g/mol. The largest absolute Gasteiger partial charge is 0.507 e. The van der Waals surface area contributed by atoms with Crippen molar-refractivity contribution >= 4 is 17.4 Å². The van der Waals surface area contributed by atoms with E-state index in [0.717, 1.165) is 25.1 Å². The van der Waals surface area contributed by atoms with E-state index in [2.05, 4.69) is 4.90 Å². The maximum atomic E-state index is 13.3. The third-order valence-electron chi connectivity index (χ3n) is 6.41. The molecule has 1 atom stereocenters. The molecule has 2 aliphatic heterocycles. The van der Waals surface area contributed by atoms with Crippen molar-refractivity contribution in [2.75, 3.05) is 52.6 Å². The second kappa shape index (κ2) is 12.1. The van der Waals surface area contributed by atoms with Gasteiger partial charge in [0.1, 0.15) is 17.3 Å². The fourth-order valence-electron chi connectivity index (χ4n) is 4.53. The molecule has 0 radical (unpaired) electrons. The van der Waals surface area contributed by atoms with Gasteiger partial charge in [-0.15, -0.1) is 0 Å². The van der Waals surface area contributed by atoms with Crippen LogP contribution in [0.4, 0.5) is 0 Å². The Morgan fingerprint density at radius 2 is 1.58 bits per heavy atom. The van der Waals surface area contributed by atoms with Crippen LogP contribution in [-0.4, -0.2) is 79.2 Å². The number of likely N-dealkylation sites (tertiary alicyclic amines) is 1. The Kier molecular flexibility index (Phi) is 8.61. The molecule has 192 valence electrons. The first-order chi connectivity index (χ1) is 17.5. The van der Waals surface area contributed by atoms with Crippen LogP contribution in [0.2, 0.25) is 0 Å². The Balaban J connectivity index is 1.68. The molecule has 36 heavy (non-hydrogen) atoms. The lowest BCUT2D eigenvalue weighted by Crippen LogP contribution is -2.42. The van der Waals surface area contributed by atoms with Crippen molar-refractivity contribution in [1.29, 1.82) is 0 Å². The molecule has 0 aromatic heterocycles. The molecule has 2 heterocycles. The summed E-state index contributed by atoms with van der Waals surface area (Å²) in [6.07, 6.45) is 0.887. The number of amides is 1. The van der Waals surface area contributed by atoms with Gasteiger partial charge in [-0.05, 0) is 55.3 Å². The van der Waals surface area contributed by atoms with Crippen molar-refractivity contribution in [2.24, 2.45) is 0 Å². The van der Waals surface area contributed by atoms with E-state index in [9.17, 15) is 14.7 Å². The standard InChI is InChI=1S/C28H34N2O6/c1-3-17-36-23-11-7-21(8-12-23)26(31)24-25(20-5-9-22(10-6-20)35-4-2)30(28(33)27(24)32)14-13-29-15-18-34-19-16-29/h5-12,25,31H,3-4,13-19H2,1-2H3/b26-24+/t25-/m1/s1. The lowest BCUT2D eigenvalue weighted by Gasteiger charge is -2.31. The quantitative estimate of drug-likeness (QED) is 0.307. The molecule has 0 saturated carbocycles. The van der Waals surface area contributed by atoms with E-state index in [1.165, 1.54) is 0 Å². The highest BCUT2D eigenvalue weighted by atomic mass is 16.5. The highest BCUT2D eigenvalue weighted by Gasteiger charge is 2.46. The second-order valence-corrected chi connectivity index (χ2v) is 8.82. The van der Waals surface area contributed by atoms with Crippen LogP contribution in [0.5, 0.6) is 11.5 Å². The number of carbonyl (C=O) groups is 2. The molecule has 2 saturated heterocycles. The average Bonchev–Trinajstić information content (AvgIpc) is 3.17. The van der Waals surface area contributed by atoms with E-state index in [1.807, 2.05) is 38.1 Å². The third-order valence-corrected chi connectivity index (χ3v) is 6.41. The Morgan fingerprint density at radius 3 is 2.22 bits per heavy atom. The minimum atomic E-state index is -0.697. The number of hydrogen-bond donors (Lipinski definition) is 1. The molecule has 8 heteroatoms. The fourth-order valence-corrected chi connectivity index (χ4v) is 4.53. The van der Waals surface area contributed by atoms with Crippen LogP contribution in [0.25, 0.3) is 5.76 Å². The number of nitrogens with zero attached hydrogens (tertiary/aromatic N) is 2. The predicted octanol–water partition coefficient (Wildman–Crippen LogP) is 3.63. The van der Waals surface area contributed by atoms with Gasteiger partial charge in [-0.2, -0.15) is 0 Å². The maximum Gasteiger partial charge on any atom is 0.295 e. The predicted molar refractivity (Wildman–Crippen MR) is 136 cm³/mol. The molecule has 1 amide bonds. The van der Waals surface area contributed by atoms with Gasteiger partial charge in [0.15, 0.2) is 0 Å². The average molecular weight is 495 g/mol. The number of morpholine rings is 1. The van der Waals surface area contributed by atoms with Crippen molar-refractivity contribution in [1.82, 2.24) is 9.80 Å². The Labute approximate surface area is 212 Å². The summed E-state index contributed by atoms with van der Waals surface area (Å²) >= 11 is 0. The number of benzene rings is 2. The molecule has 0 unspecified atom stereocenters. The molecule has 2 aromatic rings. The van der Waals surface area contributed by atoms with E-state index in [-0.39, 0.29) is 11.3 Å². The molecular weight excluding hydrogens is 460 g/mol. The zero-order valence-electron chi connectivity index (χ0n) is 20.9. The summed E-state index contributed by atoms with van der Waals surface area (Å²) in [4.78, 5) is 30.2. The van der Waals surface area contributed by atoms with Crippen LogP contribution < -0.4 is 9.47 Å². The molecule has 2 fully saturated rings. The topological polar surface area (TPSA) is 88.5 Å². The molecule has 1 N–H and O–H groups in total. The summed E-state index contributed by atoms with van der Waals surface area (Å²) in [5, 5.41) is 11.3. The first kappa shape index (κ1) is 25.7. The molecule has 4 rings (SSSR count). The number of hydrogen-bond acceptors (Lipinski definition) is 7. The number of rotatable bonds is 10. The number of ether oxygens (including phenoxy) is 3. The minimum absolute atomic E-state index is 0.0911. The first-order valence-electron chi connectivity index (χ1n) is 12.6. The summed E-state index contributed by atoms with van der Waals surface area (Å²) in [7, 11) is 0. The lowest BCUT2D eigenvalue weighted by atomic mass is 9.95. The van der Waals surface area contributed by atoms with Crippen LogP contribution >= 0.6 is 0 Å². The van der Waals surface area contributed by atoms with Crippen LogP contribution in [0, 0.1) is 0 Å². The number of carbonyl (C=O) groups excluding carboxylic acids is 2. The first-order valence-corrected chi connectivity index (χ1v) is 12.6. The second-order valence-electron chi connectivity index (χ2n) is 8.82. The summed E-state index contributed by atoms with van der Waals surface area (Å²) in [5.74, 6) is -0.0916. The molecule has 2 aliphatic rings. The van der Waals surface area contributed by atoms with Crippen LogP contribution in [0.15, 0.2) is 54.1 Å². The molecule has 2 aromatic carbocycles. The van der Waals surface area contributed by atoms with E-state index in [4.69, 9.17) is 14.2 Å². The van der Waals surface area contributed by atoms with Gasteiger partial charge in [-0.1, -0.05) is 19.1 Å². The van der Waals surface area contributed by atoms with Crippen LogP contribution in [0.3, 0.4) is 0 Å². The van der Waals surface area contributed by atoms with Gasteiger partial charge in [-0.25, -0.2) is 0 Å². The van der Waals surface area contributed by atoms with Crippen molar-refractivity contribution in [2.45, 2.75) is 26.3 Å². The lowest BCUT2D eigenvalue weighted by molar-refractivity contribution is -0.140. The number of Topliss-reactive ketones (excluding diaryl/α,β-unsaturated/α-hetero) is 1. The SMILES string of the molecule is CCCOc1ccc(/C(O)=C2\C(=O)C(=O)N(CCN3CCOCC3)[C@@H]2c2ccc(OCC)cc2)cc1. The van der Waals surface area contributed by atoms with E-state index in [1.54, 1.807) is 29.2 Å². The smallest absolute Gasteiger partial charge is 0.295 e. The summed E-state index contributed by atoms with van der Waals surface area (Å²) in [6.45, 7) is 8.92. The summed E-state index contributed by atoms with van der Waals surface area (Å²) < 4.78 is 16.6. The Bertz CT molecular complexity index is 1070. The maximum absolute atomic E-state index is 13.3. The van der Waals surface area contributed by atoms with Crippen LogP contribution in [0.1, 0.15) is 37.4 Å². The number of aliphatic hydroxyl groups excluding tert-OH is 1. The van der Waals surface area contributed by atoms with Crippen molar-refractivity contribution < 1.29 is 28.9 Å². The Morgan fingerprint density at radius 1 is 0.944 bits per heavy atom. The van der Waals surface area contributed by atoms with E-state index in [0.29, 0.717) is 56.6 Å². The zero-order valence-corrected chi connectivity index (χ0v) is 20.9. The van der Waals surface area contributed by atoms with Gasteiger partial charge in [0.25, 0.3) is 11.7 Å². The molecule has 8 nitrogen and oxygen atoms in total. The van der Waals surface area contributed by atoms with Crippen molar-refractivity contribution in [3.8, 4) is 11.5 Å². The zero-order chi connectivity index (χ0) is 25.5. The van der Waals surface area contributed by atoms with Crippen molar-refractivity contribution in [3.63, 3.8) is 0 Å². The van der Waals surface area contributed by atoms with Gasteiger partial charge in [0.05, 0.1) is 38.0 Å². The number of aliphatic hydroxyl groups is 1. The molecule has 0 spiro atoms.